The van der Waals surface area contributed by atoms with Gasteiger partial charge < -0.3 is 28.4 Å². The van der Waals surface area contributed by atoms with Gasteiger partial charge in [0.15, 0.2) is 6.10 Å². The maximum absolute atomic E-state index is 12.7. The lowest BCUT2D eigenvalue weighted by Gasteiger charge is -2.51. The van der Waals surface area contributed by atoms with Crippen LogP contribution < -0.4 is 0 Å². The highest BCUT2D eigenvalue weighted by Gasteiger charge is 2.58. The van der Waals surface area contributed by atoms with Crippen LogP contribution in [0.15, 0.2) is 134 Å². The Bertz CT molecular complexity index is 1470. The molecule has 0 amide bonds. The molecule has 4 aromatic rings. The molecule has 4 aromatic carbocycles. The molecule has 1 aliphatic heterocycles. The Hall–Kier alpha value is -4.11. The van der Waals surface area contributed by atoms with Gasteiger partial charge in [0, 0.05) is 13.3 Å². The molecule has 1 fully saturated rings. The van der Waals surface area contributed by atoms with Crippen LogP contribution in [0.5, 0.6) is 0 Å². The monoisotopic (exact) mass is 622 g/mol. The normalized spacial score (nSPS) is 22.6. The summed E-state index contributed by atoms with van der Waals surface area (Å²) in [7, 11) is 0. The van der Waals surface area contributed by atoms with E-state index < -0.39 is 36.2 Å². The smallest absolute Gasteiger partial charge is 0.305 e. The lowest BCUT2D eigenvalue weighted by atomic mass is 9.89. The van der Waals surface area contributed by atoms with Crippen molar-refractivity contribution in [3.63, 3.8) is 0 Å². The molecule has 240 valence electrons. The van der Waals surface area contributed by atoms with Crippen LogP contribution in [0.1, 0.15) is 35.6 Å². The lowest BCUT2D eigenvalue weighted by molar-refractivity contribution is -0.370. The van der Waals surface area contributed by atoms with Crippen LogP contribution in [0.3, 0.4) is 0 Å². The predicted octanol–water partition coefficient (Wildman–Crippen LogP) is 7.19. The molecular formula is C39H42O7. The van der Waals surface area contributed by atoms with Gasteiger partial charge in [-0.1, -0.05) is 127 Å². The van der Waals surface area contributed by atoms with E-state index in [0.717, 1.165) is 22.3 Å². The summed E-state index contributed by atoms with van der Waals surface area (Å²) >= 11 is 0. The van der Waals surface area contributed by atoms with Crippen LogP contribution in [0.2, 0.25) is 0 Å². The minimum absolute atomic E-state index is 0.158. The first kappa shape index (κ1) is 33.3. The minimum Gasteiger partial charge on any atom is -0.430 e. The van der Waals surface area contributed by atoms with Crippen molar-refractivity contribution in [2.24, 2.45) is 0 Å². The Morgan fingerprint density at radius 1 is 0.674 bits per heavy atom. The summed E-state index contributed by atoms with van der Waals surface area (Å²) in [6, 6.07) is 39.6. The van der Waals surface area contributed by atoms with Crippen molar-refractivity contribution < 1.29 is 33.2 Å². The van der Waals surface area contributed by atoms with Crippen LogP contribution in [0.25, 0.3) is 0 Å². The first-order chi connectivity index (χ1) is 22.6. The molecule has 7 nitrogen and oxygen atoms in total. The third-order valence-corrected chi connectivity index (χ3v) is 7.75. The molecule has 5 rings (SSSR count). The van der Waals surface area contributed by atoms with Crippen molar-refractivity contribution in [3.8, 4) is 0 Å². The van der Waals surface area contributed by atoms with Crippen LogP contribution in [0, 0.1) is 0 Å². The average molecular weight is 623 g/mol. The fourth-order valence-corrected chi connectivity index (χ4v) is 5.65. The second-order valence-electron chi connectivity index (χ2n) is 11.3. The molecule has 1 saturated heterocycles. The summed E-state index contributed by atoms with van der Waals surface area (Å²) < 4.78 is 39.1. The molecule has 5 atom stereocenters. The first-order valence-electron chi connectivity index (χ1n) is 15.6. The summed E-state index contributed by atoms with van der Waals surface area (Å²) in [6.07, 6.45) is -1.07. The molecule has 46 heavy (non-hydrogen) atoms. The lowest BCUT2D eigenvalue weighted by Crippen LogP contribution is -2.68. The second-order valence-corrected chi connectivity index (χ2v) is 11.3. The summed E-state index contributed by atoms with van der Waals surface area (Å²) in [4.78, 5) is 12.7. The standard InChI is InChI=1S/C39H42O7/c1-3-24-39(45-30(2)40)38(44-28-34-22-14-7-15-23-34)37(43-27-33-20-12-6-13-21-33)36(42-26-32-18-10-5-11-19-32)35(46-39)29-41-25-31-16-8-4-9-17-31/h3-23,35-38H,1,24-29H2,2H3/t35-,36-,37+,38-,39+/m1/s1. The van der Waals surface area contributed by atoms with Gasteiger partial charge in [-0.25, -0.2) is 0 Å². The predicted molar refractivity (Wildman–Crippen MR) is 175 cm³/mol. The third kappa shape index (κ3) is 9.22. The van der Waals surface area contributed by atoms with E-state index in [-0.39, 0.29) is 26.2 Å². The molecule has 0 spiro atoms. The topological polar surface area (TPSA) is 72.5 Å². The van der Waals surface area contributed by atoms with Gasteiger partial charge in [0.2, 0.25) is 5.79 Å². The van der Waals surface area contributed by atoms with Crippen LogP contribution in [-0.4, -0.2) is 42.8 Å². The van der Waals surface area contributed by atoms with Crippen LogP contribution in [-0.2, 0) is 59.6 Å². The third-order valence-electron chi connectivity index (χ3n) is 7.75. The maximum atomic E-state index is 12.7. The van der Waals surface area contributed by atoms with Crippen molar-refractivity contribution in [3.05, 3.63) is 156 Å². The van der Waals surface area contributed by atoms with Crippen LogP contribution in [0.4, 0.5) is 0 Å². The summed E-state index contributed by atoms with van der Waals surface area (Å²) in [5.41, 5.74) is 3.96. The van der Waals surface area contributed by atoms with E-state index in [1.807, 2.05) is 121 Å². The van der Waals surface area contributed by atoms with Gasteiger partial charge in [0.25, 0.3) is 0 Å². The molecule has 7 heteroatoms. The van der Waals surface area contributed by atoms with E-state index in [1.165, 1.54) is 6.92 Å². The van der Waals surface area contributed by atoms with Gasteiger partial charge in [-0.15, -0.1) is 6.58 Å². The molecule has 0 aromatic heterocycles. The SMILES string of the molecule is C=CC[C@]1(OC(C)=O)O[C@H](COCc2ccccc2)[C@@H](OCc2ccccc2)[C@H](OCc2ccccc2)[C@H]1OCc1ccccc1. The van der Waals surface area contributed by atoms with Gasteiger partial charge in [0.05, 0.1) is 33.0 Å². The number of esters is 1. The molecule has 0 radical (unpaired) electrons. The molecule has 0 saturated carbocycles. The zero-order chi connectivity index (χ0) is 32.0. The molecule has 0 aliphatic carbocycles. The summed E-state index contributed by atoms with van der Waals surface area (Å²) in [5, 5.41) is 0. The molecular weight excluding hydrogens is 580 g/mol. The molecule has 1 aliphatic rings. The van der Waals surface area contributed by atoms with E-state index in [2.05, 4.69) is 6.58 Å². The number of carbonyl (C=O) groups excluding carboxylic acids is 1. The van der Waals surface area contributed by atoms with Gasteiger partial charge in [-0.2, -0.15) is 0 Å². The highest BCUT2D eigenvalue weighted by atomic mass is 16.8. The quantitative estimate of drug-likeness (QED) is 0.0967. The van der Waals surface area contributed by atoms with Crippen molar-refractivity contribution in [1.82, 2.24) is 0 Å². The average Bonchev–Trinajstić information content (AvgIpc) is 3.08. The fourth-order valence-electron chi connectivity index (χ4n) is 5.65. The van der Waals surface area contributed by atoms with Crippen molar-refractivity contribution in [2.45, 2.75) is 70.0 Å². The second kappa shape index (κ2) is 17.0. The molecule has 1 heterocycles. The number of benzene rings is 4. The molecule has 0 unspecified atom stereocenters. The number of hydrogen-bond acceptors (Lipinski definition) is 7. The highest BCUT2D eigenvalue weighted by Crippen LogP contribution is 2.40. The maximum Gasteiger partial charge on any atom is 0.305 e. The van der Waals surface area contributed by atoms with Crippen molar-refractivity contribution in [2.75, 3.05) is 6.61 Å². The van der Waals surface area contributed by atoms with Crippen LogP contribution >= 0.6 is 0 Å². The molecule has 0 bridgehead atoms. The van der Waals surface area contributed by atoms with E-state index in [0.29, 0.717) is 13.2 Å². The van der Waals surface area contributed by atoms with E-state index in [1.54, 1.807) is 6.08 Å². The fraction of sp³-hybridized carbons (Fsp3) is 0.308. The number of carbonyl (C=O) groups is 1. The Morgan fingerprint density at radius 2 is 1.11 bits per heavy atom. The van der Waals surface area contributed by atoms with E-state index in [4.69, 9.17) is 28.4 Å². The minimum atomic E-state index is -1.54. The first-order valence-corrected chi connectivity index (χ1v) is 15.6. The number of rotatable bonds is 16. The van der Waals surface area contributed by atoms with E-state index >= 15 is 0 Å². The largest absolute Gasteiger partial charge is 0.430 e. The van der Waals surface area contributed by atoms with Crippen molar-refractivity contribution in [1.29, 1.82) is 0 Å². The highest BCUT2D eigenvalue weighted by molar-refractivity contribution is 5.66. The van der Waals surface area contributed by atoms with Gasteiger partial charge >= 0.3 is 5.97 Å². The Kier molecular flexibility index (Phi) is 12.3. The Labute approximate surface area is 271 Å². The van der Waals surface area contributed by atoms with Gasteiger partial charge in [-0.3, -0.25) is 4.79 Å². The number of ether oxygens (including phenoxy) is 6. The summed E-state index contributed by atoms with van der Waals surface area (Å²) in [5.74, 6) is -2.05. The zero-order valence-corrected chi connectivity index (χ0v) is 26.2. The van der Waals surface area contributed by atoms with Gasteiger partial charge in [0.1, 0.15) is 18.3 Å². The Morgan fingerprint density at radius 3 is 1.57 bits per heavy atom. The number of hydrogen-bond donors (Lipinski definition) is 0. The molecule has 0 N–H and O–H groups in total. The Balaban J connectivity index is 1.51. The zero-order valence-electron chi connectivity index (χ0n) is 26.2. The van der Waals surface area contributed by atoms with Crippen molar-refractivity contribution >= 4 is 5.97 Å². The summed E-state index contributed by atoms with van der Waals surface area (Å²) in [6.45, 7) is 6.69. The van der Waals surface area contributed by atoms with Gasteiger partial charge in [-0.05, 0) is 22.3 Å². The van der Waals surface area contributed by atoms with E-state index in [9.17, 15) is 4.79 Å².